The molecule has 112 valence electrons. The number of ether oxygens (including phenoxy) is 1. The zero-order chi connectivity index (χ0) is 15.4. The second-order valence-corrected chi connectivity index (χ2v) is 5.84. The summed E-state index contributed by atoms with van der Waals surface area (Å²) < 4.78 is 19.4. The van der Waals surface area contributed by atoms with Crippen LogP contribution in [0, 0.1) is 5.82 Å². The molecule has 2 aromatic rings. The molecule has 1 atom stereocenters. The fourth-order valence-corrected chi connectivity index (χ4v) is 3.27. The van der Waals surface area contributed by atoms with Gasteiger partial charge in [0.15, 0.2) is 0 Å². The van der Waals surface area contributed by atoms with Gasteiger partial charge in [0.25, 0.3) is 0 Å². The highest BCUT2D eigenvalue weighted by Crippen LogP contribution is 2.38. The maximum Gasteiger partial charge on any atom is 0.138 e. The lowest BCUT2D eigenvalue weighted by Crippen LogP contribution is -2.22. The Kier molecular flexibility index (Phi) is 5.62. The van der Waals surface area contributed by atoms with Crippen LogP contribution in [0.4, 0.5) is 4.39 Å². The first kappa shape index (κ1) is 16.3. The summed E-state index contributed by atoms with van der Waals surface area (Å²) in [5.41, 5.74) is 1.86. The van der Waals surface area contributed by atoms with Crippen LogP contribution in [0.2, 0.25) is 5.02 Å². The number of benzene rings is 2. The maximum atomic E-state index is 13.1. The highest BCUT2D eigenvalue weighted by molar-refractivity contribution is 9.10. The number of hydrogen-bond acceptors (Lipinski definition) is 2. The topological polar surface area (TPSA) is 21.3 Å². The number of nitrogens with one attached hydrogen (secondary N) is 1. The first-order chi connectivity index (χ1) is 10.1. The molecule has 2 rings (SSSR count). The number of rotatable bonds is 5. The molecule has 0 aliphatic carbocycles. The van der Waals surface area contributed by atoms with Crippen LogP contribution < -0.4 is 10.1 Å². The van der Waals surface area contributed by atoms with E-state index in [1.807, 2.05) is 13.0 Å². The van der Waals surface area contributed by atoms with Gasteiger partial charge in [-0.3, -0.25) is 0 Å². The number of hydrogen-bond donors (Lipinski definition) is 1. The van der Waals surface area contributed by atoms with E-state index in [4.69, 9.17) is 16.3 Å². The summed E-state index contributed by atoms with van der Waals surface area (Å²) in [7, 11) is 1.62. The van der Waals surface area contributed by atoms with Crippen LogP contribution in [-0.2, 0) is 0 Å². The van der Waals surface area contributed by atoms with Gasteiger partial charge in [-0.2, -0.15) is 0 Å². The first-order valence-corrected chi connectivity index (χ1v) is 7.75. The monoisotopic (exact) mass is 371 g/mol. The largest absolute Gasteiger partial charge is 0.495 e. The molecule has 2 aromatic carbocycles. The van der Waals surface area contributed by atoms with Crippen molar-refractivity contribution in [2.45, 2.75) is 13.0 Å². The predicted octanol–water partition coefficient (Wildman–Crippen LogP) is 4.95. The lowest BCUT2D eigenvalue weighted by atomic mass is 9.97. The van der Waals surface area contributed by atoms with Crippen molar-refractivity contribution in [3.63, 3.8) is 0 Å². The van der Waals surface area contributed by atoms with Crippen molar-refractivity contribution in [1.29, 1.82) is 0 Å². The lowest BCUT2D eigenvalue weighted by Gasteiger charge is -2.22. The minimum atomic E-state index is -0.256. The molecule has 0 aromatic heterocycles. The molecule has 0 spiro atoms. The molecule has 0 aliphatic rings. The fourth-order valence-electron chi connectivity index (χ4n) is 2.28. The fraction of sp³-hybridized carbons (Fsp3) is 0.250. The SMILES string of the molecule is CCNC(c1ccc(F)cc1)c1cc(Cl)cc(Br)c1OC. The smallest absolute Gasteiger partial charge is 0.138 e. The minimum Gasteiger partial charge on any atom is -0.495 e. The summed E-state index contributed by atoms with van der Waals surface area (Å²) in [6.45, 7) is 2.78. The van der Waals surface area contributed by atoms with Gasteiger partial charge >= 0.3 is 0 Å². The van der Waals surface area contributed by atoms with Crippen LogP contribution in [0.5, 0.6) is 5.75 Å². The normalized spacial score (nSPS) is 12.2. The summed E-state index contributed by atoms with van der Waals surface area (Å²) >= 11 is 9.63. The number of methoxy groups -OCH3 is 1. The van der Waals surface area contributed by atoms with Crippen molar-refractivity contribution < 1.29 is 9.13 Å². The van der Waals surface area contributed by atoms with Crippen LogP contribution in [0.3, 0.4) is 0 Å². The van der Waals surface area contributed by atoms with Gasteiger partial charge in [0.1, 0.15) is 11.6 Å². The van der Waals surface area contributed by atoms with E-state index in [0.717, 1.165) is 27.9 Å². The second-order valence-electron chi connectivity index (χ2n) is 4.55. The molecule has 21 heavy (non-hydrogen) atoms. The van der Waals surface area contributed by atoms with Gasteiger partial charge in [0, 0.05) is 10.6 Å². The Hall–Kier alpha value is -1.10. The molecule has 0 bridgehead atoms. The van der Waals surface area contributed by atoms with Gasteiger partial charge in [0.05, 0.1) is 17.6 Å². The van der Waals surface area contributed by atoms with E-state index in [2.05, 4.69) is 21.2 Å². The van der Waals surface area contributed by atoms with Crippen LogP contribution in [0.25, 0.3) is 0 Å². The van der Waals surface area contributed by atoms with Crippen LogP contribution in [0.15, 0.2) is 40.9 Å². The second kappa shape index (κ2) is 7.25. The summed E-state index contributed by atoms with van der Waals surface area (Å²) in [5.74, 6) is 0.461. The molecule has 0 fully saturated rings. The molecule has 1 N–H and O–H groups in total. The van der Waals surface area contributed by atoms with Gasteiger partial charge in [-0.05, 0) is 52.3 Å². The standard InChI is InChI=1S/C16H16BrClFNO/c1-3-20-15(10-4-6-12(19)7-5-10)13-8-11(18)9-14(17)16(13)21-2/h4-9,15,20H,3H2,1-2H3. The van der Waals surface area contributed by atoms with Crippen LogP contribution >= 0.6 is 27.5 Å². The summed E-state index contributed by atoms with van der Waals surface area (Å²) in [6, 6.07) is 9.95. The Balaban J connectivity index is 2.54. The average Bonchev–Trinajstić information content (AvgIpc) is 2.45. The summed E-state index contributed by atoms with van der Waals surface area (Å²) in [4.78, 5) is 0. The molecular weight excluding hydrogens is 357 g/mol. The minimum absolute atomic E-state index is 0.124. The van der Waals surface area contributed by atoms with E-state index < -0.39 is 0 Å². The molecule has 0 saturated carbocycles. The highest BCUT2D eigenvalue weighted by Gasteiger charge is 2.20. The van der Waals surface area contributed by atoms with E-state index in [-0.39, 0.29) is 11.9 Å². The molecule has 0 saturated heterocycles. The zero-order valence-electron chi connectivity index (χ0n) is 11.8. The highest BCUT2D eigenvalue weighted by atomic mass is 79.9. The van der Waals surface area contributed by atoms with Crippen LogP contribution in [-0.4, -0.2) is 13.7 Å². The Morgan fingerprint density at radius 3 is 2.52 bits per heavy atom. The third-order valence-electron chi connectivity index (χ3n) is 3.16. The molecule has 0 amide bonds. The Morgan fingerprint density at radius 1 is 1.29 bits per heavy atom. The molecule has 2 nitrogen and oxygen atoms in total. The zero-order valence-corrected chi connectivity index (χ0v) is 14.1. The third kappa shape index (κ3) is 3.76. The van der Waals surface area contributed by atoms with E-state index in [1.54, 1.807) is 25.3 Å². The molecule has 1 unspecified atom stereocenters. The Bertz CT molecular complexity index is 618. The first-order valence-electron chi connectivity index (χ1n) is 6.58. The van der Waals surface area contributed by atoms with Crippen molar-refractivity contribution in [2.75, 3.05) is 13.7 Å². The molecular formula is C16H16BrClFNO. The number of halogens is 3. The Labute approximate surface area is 137 Å². The summed E-state index contributed by atoms with van der Waals surface area (Å²) in [6.07, 6.45) is 0. The van der Waals surface area contributed by atoms with E-state index >= 15 is 0 Å². The van der Waals surface area contributed by atoms with Crippen molar-refractivity contribution >= 4 is 27.5 Å². The lowest BCUT2D eigenvalue weighted by molar-refractivity contribution is 0.401. The molecule has 0 aliphatic heterocycles. The van der Waals surface area contributed by atoms with Crippen molar-refractivity contribution in [3.05, 3.63) is 62.8 Å². The average molecular weight is 373 g/mol. The van der Waals surface area contributed by atoms with E-state index in [1.165, 1.54) is 12.1 Å². The van der Waals surface area contributed by atoms with E-state index in [9.17, 15) is 4.39 Å². The molecule has 5 heteroatoms. The van der Waals surface area contributed by atoms with Gasteiger partial charge < -0.3 is 10.1 Å². The molecule has 0 heterocycles. The van der Waals surface area contributed by atoms with Gasteiger partial charge in [0.2, 0.25) is 0 Å². The maximum absolute atomic E-state index is 13.1. The van der Waals surface area contributed by atoms with Crippen molar-refractivity contribution in [3.8, 4) is 5.75 Å². The molecule has 0 radical (unpaired) electrons. The van der Waals surface area contributed by atoms with E-state index in [0.29, 0.717) is 5.02 Å². The van der Waals surface area contributed by atoms with Gasteiger partial charge in [-0.15, -0.1) is 0 Å². The van der Waals surface area contributed by atoms with Gasteiger partial charge in [-0.1, -0.05) is 30.7 Å². The third-order valence-corrected chi connectivity index (χ3v) is 3.97. The Morgan fingerprint density at radius 2 is 1.95 bits per heavy atom. The van der Waals surface area contributed by atoms with Crippen LogP contribution in [0.1, 0.15) is 24.1 Å². The van der Waals surface area contributed by atoms with Gasteiger partial charge in [-0.25, -0.2) is 4.39 Å². The predicted molar refractivity (Wildman–Crippen MR) is 87.6 cm³/mol. The summed E-state index contributed by atoms with van der Waals surface area (Å²) in [5, 5.41) is 4.00. The van der Waals surface area contributed by atoms with Crippen molar-refractivity contribution in [1.82, 2.24) is 5.32 Å². The van der Waals surface area contributed by atoms with Crippen molar-refractivity contribution in [2.24, 2.45) is 0 Å². The quantitative estimate of drug-likeness (QED) is 0.802.